The maximum absolute atomic E-state index is 4.83. The van der Waals surface area contributed by atoms with E-state index in [9.17, 15) is 0 Å². The van der Waals surface area contributed by atoms with Crippen LogP contribution in [0.4, 0.5) is 23.0 Å². The van der Waals surface area contributed by atoms with Crippen molar-refractivity contribution in [2.24, 2.45) is 0 Å². The van der Waals surface area contributed by atoms with E-state index in [0.717, 1.165) is 50.4 Å². The highest BCUT2D eigenvalue weighted by Gasteiger charge is 2.29. The van der Waals surface area contributed by atoms with E-state index in [1.807, 2.05) is 12.4 Å². The first-order chi connectivity index (χ1) is 19.1. The summed E-state index contributed by atoms with van der Waals surface area (Å²) < 4.78 is 0. The van der Waals surface area contributed by atoms with Gasteiger partial charge in [-0.05, 0) is 108 Å². The van der Waals surface area contributed by atoms with Crippen LogP contribution in [-0.2, 0) is 23.7 Å². The van der Waals surface area contributed by atoms with Crippen LogP contribution in [0.5, 0.6) is 0 Å². The van der Waals surface area contributed by atoms with Gasteiger partial charge >= 0.3 is 0 Å². The van der Waals surface area contributed by atoms with E-state index in [4.69, 9.17) is 9.97 Å². The average molecular weight is 531 g/mol. The van der Waals surface area contributed by atoms with Gasteiger partial charge in [0.2, 0.25) is 0 Å². The molecule has 4 heterocycles. The normalized spacial score (nSPS) is 15.6. The predicted molar refractivity (Wildman–Crippen MR) is 168 cm³/mol. The highest BCUT2D eigenvalue weighted by Crippen LogP contribution is 2.42. The molecule has 0 N–H and O–H groups in total. The second-order valence-electron chi connectivity index (χ2n) is 13.2. The molecule has 0 amide bonds. The fourth-order valence-electron chi connectivity index (χ4n) is 6.27. The number of aryl methyl sites for hydroxylation is 3. The number of pyridine rings is 2. The summed E-state index contributed by atoms with van der Waals surface area (Å²) in [7, 11) is 0. The van der Waals surface area contributed by atoms with Crippen molar-refractivity contribution in [2.45, 2.75) is 78.1 Å². The summed E-state index contributed by atoms with van der Waals surface area (Å²) in [6.45, 7) is 15.7. The topological polar surface area (TPSA) is 32.3 Å². The molecule has 206 valence electrons. The zero-order valence-electron chi connectivity index (χ0n) is 25.0. The summed E-state index contributed by atoms with van der Waals surface area (Å²) in [4.78, 5) is 14.4. The van der Waals surface area contributed by atoms with Crippen molar-refractivity contribution >= 4 is 23.0 Å². The molecule has 6 rings (SSSR count). The van der Waals surface area contributed by atoms with Gasteiger partial charge in [0, 0.05) is 42.3 Å². The Bertz CT molecular complexity index is 1540. The summed E-state index contributed by atoms with van der Waals surface area (Å²) >= 11 is 0. The zero-order chi connectivity index (χ0) is 28.1. The number of rotatable bonds is 4. The first kappa shape index (κ1) is 26.6. The molecule has 0 fully saturated rings. The summed E-state index contributed by atoms with van der Waals surface area (Å²) in [6.07, 6.45) is 8.43. The number of fused-ring (bicyclic) bond motifs is 2. The van der Waals surface area contributed by atoms with Gasteiger partial charge in [0.05, 0.1) is 0 Å². The Morgan fingerprint density at radius 3 is 1.65 bits per heavy atom. The number of benzene rings is 2. The highest BCUT2D eigenvalue weighted by atomic mass is 15.2. The molecular weight excluding hydrogens is 488 g/mol. The molecule has 2 aliphatic rings. The van der Waals surface area contributed by atoms with E-state index in [-0.39, 0.29) is 10.8 Å². The minimum absolute atomic E-state index is 0.0917. The van der Waals surface area contributed by atoms with Gasteiger partial charge in [-0.1, -0.05) is 58.9 Å². The number of anilines is 4. The van der Waals surface area contributed by atoms with E-state index < -0.39 is 0 Å². The van der Waals surface area contributed by atoms with Gasteiger partial charge < -0.3 is 9.80 Å². The molecule has 0 atom stereocenters. The Morgan fingerprint density at radius 1 is 0.600 bits per heavy atom. The molecule has 0 saturated carbocycles. The predicted octanol–water partition coefficient (Wildman–Crippen LogP) is 8.58. The second-order valence-corrected chi connectivity index (χ2v) is 13.2. The number of nitrogens with zero attached hydrogens (tertiary/aromatic N) is 4. The van der Waals surface area contributed by atoms with Crippen molar-refractivity contribution in [1.29, 1.82) is 0 Å². The van der Waals surface area contributed by atoms with Gasteiger partial charge in [-0.2, -0.15) is 0 Å². The standard InChI is InChI=1S/C36H42N4/c1-25-15-17-37-33(21-25)39-19-7-9-26-11-13-29(22-31(26)39)36(5,6)30-14-12-27-10-8-20-40(32(27)23-30)34-24-28(16-18-38-34)35(2,3)4/h11-18,21-24H,7-10,19-20H2,1-6H3. The SMILES string of the molecule is Cc1ccnc(N2CCCc3ccc(C(C)(C)c4ccc5c(c4)N(c4cc(C(C)(C)C)ccn4)CCC5)cc32)c1. The minimum atomic E-state index is -0.156. The monoisotopic (exact) mass is 530 g/mol. The Labute approximate surface area is 240 Å². The first-order valence-corrected chi connectivity index (χ1v) is 14.8. The third-order valence-electron chi connectivity index (χ3n) is 8.92. The van der Waals surface area contributed by atoms with E-state index in [1.165, 1.54) is 44.8 Å². The maximum Gasteiger partial charge on any atom is 0.133 e. The van der Waals surface area contributed by atoms with Crippen LogP contribution in [0, 0.1) is 6.92 Å². The Kier molecular flexibility index (Phi) is 6.68. The second kappa shape index (κ2) is 10.1. The van der Waals surface area contributed by atoms with Crippen LogP contribution in [0.2, 0.25) is 0 Å². The lowest BCUT2D eigenvalue weighted by Gasteiger charge is -2.35. The van der Waals surface area contributed by atoms with Gasteiger partial charge in [0.15, 0.2) is 0 Å². The lowest BCUT2D eigenvalue weighted by molar-refractivity contribution is 0.589. The van der Waals surface area contributed by atoms with Crippen molar-refractivity contribution in [3.05, 3.63) is 106 Å². The molecule has 40 heavy (non-hydrogen) atoms. The largest absolute Gasteiger partial charge is 0.326 e. The molecule has 4 aromatic rings. The van der Waals surface area contributed by atoms with Crippen LogP contribution in [0.1, 0.15) is 80.8 Å². The van der Waals surface area contributed by atoms with Crippen LogP contribution in [0.3, 0.4) is 0 Å². The van der Waals surface area contributed by atoms with Crippen molar-refractivity contribution in [3.8, 4) is 0 Å². The third-order valence-corrected chi connectivity index (χ3v) is 8.92. The number of aromatic nitrogens is 2. The summed E-state index contributed by atoms with van der Waals surface area (Å²) in [6, 6.07) is 23.0. The first-order valence-electron chi connectivity index (χ1n) is 14.8. The average Bonchev–Trinajstić information content (AvgIpc) is 2.95. The van der Waals surface area contributed by atoms with Gasteiger partial charge in [-0.25, -0.2) is 9.97 Å². The van der Waals surface area contributed by atoms with Crippen molar-refractivity contribution in [2.75, 3.05) is 22.9 Å². The Balaban J connectivity index is 1.38. The fraction of sp³-hybridized carbons (Fsp3) is 0.389. The summed E-state index contributed by atoms with van der Waals surface area (Å²) in [5.74, 6) is 2.10. The quantitative estimate of drug-likeness (QED) is 0.264. The van der Waals surface area contributed by atoms with Crippen LogP contribution in [-0.4, -0.2) is 23.1 Å². The van der Waals surface area contributed by atoms with Crippen molar-refractivity contribution in [3.63, 3.8) is 0 Å². The molecule has 2 aromatic heterocycles. The Morgan fingerprint density at radius 2 is 1.12 bits per heavy atom. The van der Waals surface area contributed by atoms with Crippen LogP contribution >= 0.6 is 0 Å². The highest BCUT2D eigenvalue weighted by molar-refractivity contribution is 5.70. The van der Waals surface area contributed by atoms with Crippen LogP contribution < -0.4 is 9.80 Å². The molecule has 0 aliphatic carbocycles. The molecule has 0 spiro atoms. The molecule has 0 saturated heterocycles. The van der Waals surface area contributed by atoms with E-state index in [1.54, 1.807) is 0 Å². The molecule has 0 unspecified atom stereocenters. The van der Waals surface area contributed by atoms with Gasteiger partial charge in [0.1, 0.15) is 11.6 Å². The van der Waals surface area contributed by atoms with E-state index in [2.05, 4.69) is 112 Å². The summed E-state index contributed by atoms with van der Waals surface area (Å²) in [5.41, 5.74) is 10.6. The minimum Gasteiger partial charge on any atom is -0.326 e. The van der Waals surface area contributed by atoms with Crippen LogP contribution in [0.25, 0.3) is 0 Å². The maximum atomic E-state index is 4.83. The number of hydrogen-bond acceptors (Lipinski definition) is 4. The zero-order valence-corrected chi connectivity index (χ0v) is 25.0. The fourth-order valence-corrected chi connectivity index (χ4v) is 6.27. The molecule has 4 nitrogen and oxygen atoms in total. The van der Waals surface area contributed by atoms with Gasteiger partial charge in [-0.15, -0.1) is 0 Å². The smallest absolute Gasteiger partial charge is 0.133 e. The van der Waals surface area contributed by atoms with Crippen molar-refractivity contribution in [1.82, 2.24) is 9.97 Å². The molecule has 2 aromatic carbocycles. The Hall–Kier alpha value is -3.66. The van der Waals surface area contributed by atoms with E-state index >= 15 is 0 Å². The van der Waals surface area contributed by atoms with E-state index in [0.29, 0.717) is 0 Å². The summed E-state index contributed by atoms with van der Waals surface area (Å²) in [5, 5.41) is 0. The number of hydrogen-bond donors (Lipinski definition) is 0. The van der Waals surface area contributed by atoms with Crippen molar-refractivity contribution < 1.29 is 0 Å². The molecule has 0 bridgehead atoms. The molecule has 4 heteroatoms. The lowest BCUT2D eigenvalue weighted by Crippen LogP contribution is -2.28. The molecular formula is C36H42N4. The van der Waals surface area contributed by atoms with Gasteiger partial charge in [0.25, 0.3) is 0 Å². The molecule has 2 aliphatic heterocycles. The van der Waals surface area contributed by atoms with Gasteiger partial charge in [-0.3, -0.25) is 0 Å². The lowest BCUT2D eigenvalue weighted by atomic mass is 9.76. The third kappa shape index (κ3) is 4.89. The molecule has 0 radical (unpaired) electrons. The van der Waals surface area contributed by atoms with Crippen LogP contribution in [0.15, 0.2) is 73.1 Å².